The number of hydrogen-bond donors (Lipinski definition) is 1. The molecule has 156 valence electrons. The van der Waals surface area contributed by atoms with Gasteiger partial charge in [0.05, 0.1) is 12.0 Å². The fourth-order valence-corrected chi connectivity index (χ4v) is 6.69. The highest BCUT2D eigenvalue weighted by molar-refractivity contribution is 5.99. The Morgan fingerprint density at radius 3 is 2.03 bits per heavy atom. The molecule has 5 nitrogen and oxygen atoms in total. The van der Waals surface area contributed by atoms with E-state index in [1.165, 1.54) is 19.3 Å². The highest BCUT2D eigenvalue weighted by Crippen LogP contribution is 2.60. The quantitative estimate of drug-likeness (QED) is 0.778. The molecular weight excluding hydrogens is 362 g/mol. The molecule has 1 saturated heterocycles. The van der Waals surface area contributed by atoms with Gasteiger partial charge >= 0.3 is 0 Å². The minimum atomic E-state index is -0.134. The van der Waals surface area contributed by atoms with Crippen molar-refractivity contribution in [1.82, 2.24) is 9.80 Å². The maximum atomic E-state index is 13.2. The second kappa shape index (κ2) is 7.51. The van der Waals surface area contributed by atoms with Crippen LogP contribution >= 0.6 is 0 Å². The molecule has 1 N–H and O–H groups in total. The van der Waals surface area contributed by atoms with E-state index in [4.69, 9.17) is 0 Å². The molecule has 0 radical (unpaired) electrons. The van der Waals surface area contributed by atoms with Crippen molar-refractivity contribution < 1.29 is 9.59 Å². The molecule has 0 spiro atoms. The van der Waals surface area contributed by atoms with Gasteiger partial charge in [0.15, 0.2) is 5.78 Å². The van der Waals surface area contributed by atoms with Gasteiger partial charge in [-0.15, -0.1) is 0 Å². The maximum Gasteiger partial charge on any atom is 0.230 e. The largest absolute Gasteiger partial charge is 0.326 e. The topological polar surface area (TPSA) is 52.6 Å². The molecule has 0 atom stereocenters. The van der Waals surface area contributed by atoms with Crippen LogP contribution in [0.3, 0.4) is 0 Å². The van der Waals surface area contributed by atoms with Gasteiger partial charge in [-0.2, -0.15) is 0 Å². The Morgan fingerprint density at radius 1 is 0.931 bits per heavy atom. The van der Waals surface area contributed by atoms with Gasteiger partial charge < -0.3 is 10.2 Å². The number of nitrogens with zero attached hydrogens (tertiary/aromatic N) is 2. The summed E-state index contributed by atoms with van der Waals surface area (Å²) in [4.78, 5) is 30.3. The Hall–Kier alpha value is -1.72. The lowest BCUT2D eigenvalue weighted by atomic mass is 9.49. The summed E-state index contributed by atoms with van der Waals surface area (Å²) in [6, 6.07) is 7.53. The Morgan fingerprint density at radius 2 is 1.48 bits per heavy atom. The number of benzene rings is 1. The van der Waals surface area contributed by atoms with Gasteiger partial charge in [-0.1, -0.05) is 0 Å². The third kappa shape index (κ3) is 3.87. The lowest BCUT2D eigenvalue weighted by Crippen LogP contribution is -2.51. The first-order valence-electron chi connectivity index (χ1n) is 11.3. The van der Waals surface area contributed by atoms with Gasteiger partial charge in [0.1, 0.15) is 0 Å². The standard InChI is InChI=1S/C24H33N3O2/c1-26-6-8-27(9-7-26)16-22(28)20-2-4-21(5-3-20)25-23(29)24-13-17-10-18(14-24)12-19(11-17)15-24/h2-5,17-19H,6-16H2,1H3,(H,25,29). The minimum absolute atomic E-state index is 0.134. The number of amides is 1. The lowest BCUT2D eigenvalue weighted by molar-refractivity contribution is -0.140. The molecular formula is C24H33N3O2. The minimum Gasteiger partial charge on any atom is -0.326 e. The third-order valence-electron chi connectivity index (χ3n) is 7.95. The van der Waals surface area contributed by atoms with Crippen LogP contribution in [-0.2, 0) is 4.79 Å². The van der Waals surface area contributed by atoms with Gasteiger partial charge in [0.2, 0.25) is 5.91 Å². The zero-order valence-corrected chi connectivity index (χ0v) is 17.5. The number of piperazine rings is 1. The average molecular weight is 396 g/mol. The van der Waals surface area contributed by atoms with Crippen molar-refractivity contribution in [3.63, 3.8) is 0 Å². The highest BCUT2D eigenvalue weighted by Gasteiger charge is 2.54. The number of Topliss-reactive ketones (excluding diaryl/α,β-unsaturated/α-hetero) is 1. The van der Waals surface area contributed by atoms with E-state index in [1.54, 1.807) is 0 Å². The molecule has 0 unspecified atom stereocenters. The van der Waals surface area contributed by atoms with E-state index in [2.05, 4.69) is 22.2 Å². The van der Waals surface area contributed by atoms with Crippen molar-refractivity contribution in [3.8, 4) is 0 Å². The summed E-state index contributed by atoms with van der Waals surface area (Å²) in [5, 5.41) is 3.19. The monoisotopic (exact) mass is 395 g/mol. The van der Waals surface area contributed by atoms with E-state index in [-0.39, 0.29) is 17.1 Å². The summed E-state index contributed by atoms with van der Waals surface area (Å²) in [6.07, 6.45) is 7.26. The fraction of sp³-hybridized carbons (Fsp3) is 0.667. The zero-order chi connectivity index (χ0) is 20.0. The molecule has 4 saturated carbocycles. The van der Waals surface area contributed by atoms with Crippen LogP contribution in [0.25, 0.3) is 0 Å². The second-order valence-electron chi connectivity index (χ2n) is 10.2. The Bertz CT molecular complexity index is 745. The fourth-order valence-electron chi connectivity index (χ4n) is 6.69. The zero-order valence-electron chi connectivity index (χ0n) is 17.5. The van der Waals surface area contributed by atoms with Gasteiger partial charge in [-0.3, -0.25) is 14.5 Å². The molecule has 29 heavy (non-hydrogen) atoms. The Kier molecular flexibility index (Phi) is 4.99. The van der Waals surface area contributed by atoms with Crippen molar-refractivity contribution in [3.05, 3.63) is 29.8 Å². The molecule has 0 aromatic heterocycles. The number of ketones is 1. The number of rotatable bonds is 5. The summed E-state index contributed by atoms with van der Waals surface area (Å²) < 4.78 is 0. The van der Waals surface area contributed by atoms with E-state index in [0.29, 0.717) is 6.54 Å². The summed E-state index contributed by atoms with van der Waals surface area (Å²) in [5.74, 6) is 2.67. The SMILES string of the molecule is CN1CCN(CC(=O)c2ccc(NC(=O)C34CC5CC(CC(C5)C3)C4)cc2)CC1. The van der Waals surface area contributed by atoms with Gasteiger partial charge in [0.25, 0.3) is 0 Å². The predicted octanol–water partition coefficient (Wildman–Crippen LogP) is 3.27. The number of nitrogens with one attached hydrogen (secondary N) is 1. The van der Waals surface area contributed by atoms with Crippen LogP contribution in [0.15, 0.2) is 24.3 Å². The van der Waals surface area contributed by atoms with E-state index in [9.17, 15) is 9.59 Å². The van der Waals surface area contributed by atoms with E-state index < -0.39 is 0 Å². The molecule has 6 rings (SSSR count). The molecule has 5 heteroatoms. The van der Waals surface area contributed by atoms with Crippen LogP contribution in [0.1, 0.15) is 48.9 Å². The molecule has 1 aromatic rings. The van der Waals surface area contributed by atoms with Crippen LogP contribution in [0, 0.1) is 23.2 Å². The molecule has 1 aromatic carbocycles. The normalized spacial score (nSPS) is 34.3. The highest BCUT2D eigenvalue weighted by atomic mass is 16.2. The van der Waals surface area contributed by atoms with Crippen LogP contribution in [-0.4, -0.2) is 61.3 Å². The van der Waals surface area contributed by atoms with Gasteiger partial charge in [-0.05, 0) is 87.6 Å². The molecule has 5 aliphatic rings. The third-order valence-corrected chi connectivity index (χ3v) is 7.95. The summed E-state index contributed by atoms with van der Waals surface area (Å²) in [6.45, 7) is 4.40. The second-order valence-corrected chi connectivity index (χ2v) is 10.2. The summed E-state index contributed by atoms with van der Waals surface area (Å²) >= 11 is 0. The predicted molar refractivity (Wildman–Crippen MR) is 114 cm³/mol. The number of carbonyl (C=O) groups excluding carboxylic acids is 2. The van der Waals surface area contributed by atoms with E-state index in [0.717, 1.165) is 74.4 Å². The van der Waals surface area contributed by atoms with Crippen molar-refractivity contribution in [2.24, 2.45) is 23.2 Å². The first-order chi connectivity index (χ1) is 14.0. The van der Waals surface area contributed by atoms with Crippen molar-refractivity contribution in [2.45, 2.75) is 38.5 Å². The summed E-state index contributed by atoms with van der Waals surface area (Å²) in [5.41, 5.74) is 1.42. The molecule has 1 aliphatic heterocycles. The Balaban J connectivity index is 1.20. The smallest absolute Gasteiger partial charge is 0.230 e. The molecule has 4 bridgehead atoms. The van der Waals surface area contributed by atoms with Crippen molar-refractivity contribution in [2.75, 3.05) is 45.1 Å². The van der Waals surface area contributed by atoms with Gasteiger partial charge in [-0.25, -0.2) is 0 Å². The first-order valence-corrected chi connectivity index (χ1v) is 11.3. The Labute approximate surface area is 173 Å². The maximum absolute atomic E-state index is 13.2. The van der Waals surface area contributed by atoms with Gasteiger partial charge in [0, 0.05) is 37.4 Å². The van der Waals surface area contributed by atoms with Crippen LogP contribution in [0.5, 0.6) is 0 Å². The number of hydrogen-bond acceptors (Lipinski definition) is 4. The van der Waals surface area contributed by atoms with Crippen LogP contribution in [0.4, 0.5) is 5.69 Å². The average Bonchev–Trinajstić information content (AvgIpc) is 2.69. The van der Waals surface area contributed by atoms with Crippen molar-refractivity contribution >= 4 is 17.4 Å². The number of anilines is 1. The molecule has 4 aliphatic carbocycles. The number of likely N-dealkylation sites (N-methyl/N-ethyl adjacent to an activating group) is 1. The molecule has 1 amide bonds. The number of carbonyl (C=O) groups is 2. The summed E-state index contributed by atoms with van der Waals surface area (Å²) in [7, 11) is 2.12. The van der Waals surface area contributed by atoms with Crippen LogP contribution in [0.2, 0.25) is 0 Å². The molecule has 5 fully saturated rings. The van der Waals surface area contributed by atoms with E-state index in [1.807, 2.05) is 24.3 Å². The molecule has 1 heterocycles. The van der Waals surface area contributed by atoms with Crippen molar-refractivity contribution in [1.29, 1.82) is 0 Å². The first kappa shape index (κ1) is 19.3. The lowest BCUT2D eigenvalue weighted by Gasteiger charge is -2.55. The van der Waals surface area contributed by atoms with E-state index >= 15 is 0 Å². The van der Waals surface area contributed by atoms with Crippen LogP contribution < -0.4 is 5.32 Å².